The fraction of sp³-hybridized carbons (Fsp3) is 0.346. The third-order valence-electron chi connectivity index (χ3n) is 4.96. The molecule has 0 unspecified atom stereocenters. The molecule has 0 aliphatic heterocycles. The van der Waals surface area contributed by atoms with Gasteiger partial charge in [0, 0.05) is 23.2 Å². The molecule has 0 saturated carbocycles. The number of anilines is 3. The second kappa shape index (κ2) is 12.9. The van der Waals surface area contributed by atoms with Crippen LogP contribution in [0.3, 0.4) is 0 Å². The molecule has 0 radical (unpaired) electrons. The Balaban J connectivity index is 1.90. The summed E-state index contributed by atoms with van der Waals surface area (Å²) in [4.78, 5) is 23.0. The number of amides is 1. The van der Waals surface area contributed by atoms with E-state index in [-0.39, 0.29) is 11.7 Å². The molecule has 1 atom stereocenters. The van der Waals surface area contributed by atoms with Crippen LogP contribution in [0.15, 0.2) is 64.5 Å². The molecule has 2 aromatic carbocycles. The predicted octanol–water partition coefficient (Wildman–Crippen LogP) is 5.87. The van der Waals surface area contributed by atoms with Crippen molar-refractivity contribution in [3.05, 3.63) is 60.4 Å². The molecule has 186 valence electrons. The highest BCUT2D eigenvalue weighted by molar-refractivity contribution is 7.99. The normalized spacial score (nSPS) is 11.7. The van der Waals surface area contributed by atoms with Crippen molar-refractivity contribution in [2.45, 2.75) is 49.6 Å². The van der Waals surface area contributed by atoms with Crippen molar-refractivity contribution in [3.63, 3.8) is 0 Å². The van der Waals surface area contributed by atoms with Gasteiger partial charge in [-0.3, -0.25) is 4.79 Å². The highest BCUT2D eigenvalue weighted by Crippen LogP contribution is 2.30. The number of rotatable bonds is 12. The molecule has 1 heterocycles. The Morgan fingerprint density at radius 1 is 1.11 bits per heavy atom. The van der Waals surface area contributed by atoms with Gasteiger partial charge in [-0.05, 0) is 61.2 Å². The topological polar surface area (TPSA) is 88.2 Å². The summed E-state index contributed by atoms with van der Waals surface area (Å²) in [6, 6.07) is 15.1. The zero-order valence-electron chi connectivity index (χ0n) is 20.5. The smallest absolute Gasteiger partial charge is 0.242 e. The van der Waals surface area contributed by atoms with Gasteiger partial charge in [0.25, 0.3) is 0 Å². The zero-order chi connectivity index (χ0) is 25.2. The minimum atomic E-state index is -0.482. The van der Waals surface area contributed by atoms with E-state index in [1.807, 2.05) is 31.2 Å². The maximum absolute atomic E-state index is 13.7. The maximum Gasteiger partial charge on any atom is 0.242 e. The van der Waals surface area contributed by atoms with E-state index in [1.165, 1.54) is 23.9 Å². The molecule has 0 saturated heterocycles. The van der Waals surface area contributed by atoms with E-state index in [4.69, 9.17) is 4.74 Å². The molecule has 0 spiro atoms. The van der Waals surface area contributed by atoms with Crippen molar-refractivity contribution in [2.75, 3.05) is 24.3 Å². The third kappa shape index (κ3) is 8.43. The van der Waals surface area contributed by atoms with Crippen LogP contribution in [-0.4, -0.2) is 35.6 Å². The van der Waals surface area contributed by atoms with E-state index in [0.29, 0.717) is 41.4 Å². The van der Waals surface area contributed by atoms with Gasteiger partial charge in [0.2, 0.25) is 11.9 Å². The molecule has 9 heteroatoms. The van der Waals surface area contributed by atoms with Crippen molar-refractivity contribution in [3.8, 4) is 5.75 Å². The Hall–Kier alpha value is -3.33. The van der Waals surface area contributed by atoms with Crippen LogP contribution in [0.5, 0.6) is 5.75 Å². The van der Waals surface area contributed by atoms with Crippen molar-refractivity contribution in [1.29, 1.82) is 0 Å². The van der Waals surface area contributed by atoms with Crippen LogP contribution in [-0.2, 0) is 4.79 Å². The number of nitrogens with one attached hydrogen (secondary N) is 3. The number of nitrogens with zero attached hydrogens (tertiary/aromatic N) is 2. The number of carbonyl (C=O) groups excluding carboxylic acids is 1. The molecule has 0 fully saturated rings. The molecule has 7 nitrogen and oxygen atoms in total. The molecule has 3 rings (SSSR count). The summed E-state index contributed by atoms with van der Waals surface area (Å²) in [5, 5.41) is 9.98. The second-order valence-electron chi connectivity index (χ2n) is 8.45. The molecular formula is C26H32FN5O2S. The standard InChI is InChI=1S/C26H32FN5O2S/c1-5-13-28-25(33)22(14-17(2)3)30-26-31-23(29-19-8-6-7-18(27)15-19)16-24(32-26)35-21-11-9-20(34-4)10-12-21/h6-12,15-17,22H,5,13-14H2,1-4H3,(H,28,33)(H2,29,30,31,32)/t22-/m0/s1. The van der Waals surface area contributed by atoms with Gasteiger partial charge in [-0.2, -0.15) is 4.98 Å². The summed E-state index contributed by atoms with van der Waals surface area (Å²) in [5.41, 5.74) is 0.564. The van der Waals surface area contributed by atoms with Gasteiger partial charge in [-0.1, -0.05) is 38.6 Å². The number of ether oxygens (including phenoxy) is 1. The molecule has 0 bridgehead atoms. The summed E-state index contributed by atoms with van der Waals surface area (Å²) in [6.45, 7) is 6.75. The van der Waals surface area contributed by atoms with Crippen molar-refractivity contribution in [2.24, 2.45) is 5.92 Å². The van der Waals surface area contributed by atoms with Gasteiger partial charge in [-0.25, -0.2) is 9.37 Å². The average molecular weight is 498 g/mol. The quantitative estimate of drug-likeness (QED) is 0.270. The van der Waals surface area contributed by atoms with E-state index in [9.17, 15) is 9.18 Å². The number of hydrogen-bond acceptors (Lipinski definition) is 7. The minimum Gasteiger partial charge on any atom is -0.497 e. The van der Waals surface area contributed by atoms with Gasteiger partial charge in [-0.15, -0.1) is 0 Å². The number of benzene rings is 2. The first-order valence-corrected chi connectivity index (χ1v) is 12.5. The number of methoxy groups -OCH3 is 1. The summed E-state index contributed by atoms with van der Waals surface area (Å²) in [6.07, 6.45) is 1.48. The number of hydrogen-bond donors (Lipinski definition) is 3. The minimum absolute atomic E-state index is 0.0861. The average Bonchev–Trinajstić information content (AvgIpc) is 2.82. The molecule has 3 N–H and O–H groups in total. The highest BCUT2D eigenvalue weighted by atomic mass is 32.2. The Morgan fingerprint density at radius 2 is 1.89 bits per heavy atom. The lowest BCUT2D eigenvalue weighted by Crippen LogP contribution is -2.41. The molecule has 0 aliphatic rings. The maximum atomic E-state index is 13.7. The molecule has 1 aromatic heterocycles. The Bertz CT molecular complexity index is 1110. The molecule has 0 aliphatic carbocycles. The summed E-state index contributed by atoms with van der Waals surface area (Å²) in [7, 11) is 1.62. The van der Waals surface area contributed by atoms with Gasteiger partial charge >= 0.3 is 0 Å². The molecule has 35 heavy (non-hydrogen) atoms. The third-order valence-corrected chi connectivity index (χ3v) is 5.88. The van der Waals surface area contributed by atoms with Crippen molar-refractivity contribution < 1.29 is 13.9 Å². The van der Waals surface area contributed by atoms with Crippen molar-refractivity contribution in [1.82, 2.24) is 15.3 Å². The monoisotopic (exact) mass is 497 g/mol. The van der Waals surface area contributed by atoms with Crippen LogP contribution >= 0.6 is 11.8 Å². The van der Waals surface area contributed by atoms with Gasteiger partial charge < -0.3 is 20.7 Å². The van der Waals surface area contributed by atoms with Crippen molar-refractivity contribution >= 4 is 35.1 Å². The predicted molar refractivity (Wildman–Crippen MR) is 139 cm³/mol. The van der Waals surface area contributed by atoms with Gasteiger partial charge in [0.1, 0.15) is 28.5 Å². The fourth-order valence-electron chi connectivity index (χ4n) is 3.31. The summed E-state index contributed by atoms with van der Waals surface area (Å²) >= 11 is 1.45. The summed E-state index contributed by atoms with van der Waals surface area (Å²) < 4.78 is 19.0. The first kappa shape index (κ1) is 26.3. The zero-order valence-corrected chi connectivity index (χ0v) is 21.3. The van der Waals surface area contributed by atoms with Crippen LogP contribution < -0.4 is 20.7 Å². The Morgan fingerprint density at radius 3 is 2.54 bits per heavy atom. The fourth-order valence-corrected chi connectivity index (χ4v) is 4.13. The van der Waals surface area contributed by atoms with E-state index < -0.39 is 6.04 Å². The van der Waals surface area contributed by atoms with E-state index in [1.54, 1.807) is 25.3 Å². The van der Waals surface area contributed by atoms with Crippen LogP contribution in [0.1, 0.15) is 33.6 Å². The lowest BCUT2D eigenvalue weighted by molar-refractivity contribution is -0.122. The first-order valence-electron chi connectivity index (χ1n) is 11.6. The van der Waals surface area contributed by atoms with E-state index in [2.05, 4.69) is 39.8 Å². The molecule has 3 aromatic rings. The van der Waals surface area contributed by atoms with Gasteiger partial charge in [0.15, 0.2) is 0 Å². The number of halogens is 1. The number of carbonyl (C=O) groups is 1. The largest absolute Gasteiger partial charge is 0.497 e. The lowest BCUT2D eigenvalue weighted by Gasteiger charge is -2.21. The molecular weight excluding hydrogens is 465 g/mol. The van der Waals surface area contributed by atoms with Crippen LogP contribution in [0.2, 0.25) is 0 Å². The van der Waals surface area contributed by atoms with Crippen LogP contribution in [0, 0.1) is 11.7 Å². The van der Waals surface area contributed by atoms with E-state index >= 15 is 0 Å². The molecule has 1 amide bonds. The summed E-state index contributed by atoms with van der Waals surface area (Å²) in [5.74, 6) is 1.43. The Kier molecular flexibility index (Phi) is 9.72. The van der Waals surface area contributed by atoms with E-state index in [0.717, 1.165) is 17.1 Å². The Labute approximate surface area is 210 Å². The SMILES string of the molecule is CCCNC(=O)[C@H](CC(C)C)Nc1nc(Nc2cccc(F)c2)cc(Sc2ccc(OC)cc2)n1. The highest BCUT2D eigenvalue weighted by Gasteiger charge is 2.21. The first-order chi connectivity index (χ1) is 16.9. The van der Waals surface area contributed by atoms with Gasteiger partial charge in [0.05, 0.1) is 7.11 Å². The van der Waals surface area contributed by atoms with Crippen LogP contribution in [0.25, 0.3) is 0 Å². The lowest BCUT2D eigenvalue weighted by atomic mass is 10.0. The number of aromatic nitrogens is 2. The van der Waals surface area contributed by atoms with Crippen LogP contribution in [0.4, 0.5) is 21.8 Å². The second-order valence-corrected chi connectivity index (χ2v) is 9.54.